The molecule has 2 aromatic rings. The number of aromatic nitrogens is 1. The molecule has 0 spiro atoms. The van der Waals surface area contributed by atoms with Crippen molar-refractivity contribution >= 4 is 11.6 Å². The van der Waals surface area contributed by atoms with Gasteiger partial charge >= 0.3 is 0 Å². The number of halogens is 1. The van der Waals surface area contributed by atoms with Crippen LogP contribution in [0.25, 0.3) is 0 Å². The third-order valence-corrected chi connectivity index (χ3v) is 2.42. The summed E-state index contributed by atoms with van der Waals surface area (Å²) in [6, 6.07) is 16.1. The standard InChI is InChI=1S/C12H11ClN/c13-12-8-4-5-9-14(12)10-11-6-2-1-3-7-11/h1-9H,10H2/q+1. The second-order valence-electron chi connectivity index (χ2n) is 3.14. The van der Waals surface area contributed by atoms with Gasteiger partial charge in [0, 0.05) is 17.7 Å². The molecule has 0 saturated heterocycles. The van der Waals surface area contributed by atoms with Crippen LogP contribution >= 0.6 is 11.6 Å². The van der Waals surface area contributed by atoms with Crippen molar-refractivity contribution in [2.24, 2.45) is 0 Å². The minimum absolute atomic E-state index is 0.761. The van der Waals surface area contributed by atoms with Crippen LogP contribution in [-0.2, 0) is 6.54 Å². The van der Waals surface area contributed by atoms with Crippen molar-refractivity contribution in [3.63, 3.8) is 0 Å². The van der Waals surface area contributed by atoms with Gasteiger partial charge in [0.15, 0.2) is 12.7 Å². The average molecular weight is 205 g/mol. The maximum absolute atomic E-state index is 6.04. The summed E-state index contributed by atoms with van der Waals surface area (Å²) in [4.78, 5) is 0. The van der Waals surface area contributed by atoms with E-state index in [0.29, 0.717) is 0 Å². The summed E-state index contributed by atoms with van der Waals surface area (Å²) >= 11 is 6.04. The van der Waals surface area contributed by atoms with Gasteiger partial charge in [-0.25, -0.2) is 0 Å². The van der Waals surface area contributed by atoms with E-state index in [9.17, 15) is 0 Å². The molecule has 0 radical (unpaired) electrons. The molecule has 0 fully saturated rings. The Morgan fingerprint density at radius 3 is 2.36 bits per heavy atom. The monoisotopic (exact) mass is 204 g/mol. The van der Waals surface area contributed by atoms with Crippen LogP contribution in [-0.4, -0.2) is 0 Å². The number of rotatable bonds is 2. The van der Waals surface area contributed by atoms with E-state index in [1.54, 1.807) is 0 Å². The van der Waals surface area contributed by atoms with Crippen LogP contribution in [0.15, 0.2) is 54.7 Å². The van der Waals surface area contributed by atoms with Crippen LogP contribution in [0.2, 0.25) is 5.15 Å². The zero-order valence-electron chi connectivity index (χ0n) is 7.73. The molecule has 1 aromatic heterocycles. The van der Waals surface area contributed by atoms with Crippen molar-refractivity contribution in [3.05, 3.63) is 65.4 Å². The molecule has 0 bridgehead atoms. The summed E-state index contributed by atoms with van der Waals surface area (Å²) in [7, 11) is 0. The molecular formula is C12H11ClN+. The van der Waals surface area contributed by atoms with Gasteiger partial charge in [-0.3, -0.25) is 0 Å². The number of hydrogen-bond acceptors (Lipinski definition) is 0. The van der Waals surface area contributed by atoms with Crippen molar-refractivity contribution in [1.82, 2.24) is 0 Å². The minimum Gasteiger partial charge on any atom is -0.184 e. The van der Waals surface area contributed by atoms with Gasteiger partial charge in [0.2, 0.25) is 0 Å². The summed E-state index contributed by atoms with van der Waals surface area (Å²) in [6.45, 7) is 0.820. The van der Waals surface area contributed by atoms with Gasteiger partial charge in [-0.1, -0.05) is 30.3 Å². The Labute approximate surface area is 88.6 Å². The van der Waals surface area contributed by atoms with Crippen LogP contribution in [0.5, 0.6) is 0 Å². The first kappa shape index (κ1) is 9.22. The SMILES string of the molecule is Clc1cccc[n+]1Cc1ccccc1. The zero-order valence-corrected chi connectivity index (χ0v) is 8.48. The van der Waals surface area contributed by atoms with E-state index < -0.39 is 0 Å². The van der Waals surface area contributed by atoms with Crippen LogP contribution < -0.4 is 4.57 Å². The van der Waals surface area contributed by atoms with Crippen LogP contribution in [0.4, 0.5) is 0 Å². The zero-order chi connectivity index (χ0) is 9.80. The Hall–Kier alpha value is -1.34. The van der Waals surface area contributed by atoms with E-state index in [2.05, 4.69) is 12.1 Å². The largest absolute Gasteiger partial charge is 0.275 e. The molecule has 2 rings (SSSR count). The summed E-state index contributed by atoms with van der Waals surface area (Å²) in [5.41, 5.74) is 1.26. The van der Waals surface area contributed by atoms with Gasteiger partial charge in [-0.05, 0) is 17.7 Å². The van der Waals surface area contributed by atoms with Gasteiger partial charge in [0.25, 0.3) is 5.15 Å². The molecule has 0 aliphatic heterocycles. The predicted molar refractivity (Wildman–Crippen MR) is 57.2 cm³/mol. The van der Waals surface area contributed by atoms with Crippen LogP contribution in [0, 0.1) is 0 Å². The van der Waals surface area contributed by atoms with Crippen molar-refractivity contribution in [3.8, 4) is 0 Å². The summed E-state index contributed by atoms with van der Waals surface area (Å²) in [5.74, 6) is 0. The van der Waals surface area contributed by atoms with E-state index in [4.69, 9.17) is 11.6 Å². The molecular weight excluding hydrogens is 194 g/mol. The highest BCUT2D eigenvalue weighted by Crippen LogP contribution is 2.02. The first-order chi connectivity index (χ1) is 6.86. The molecule has 0 atom stereocenters. The number of nitrogens with zero attached hydrogens (tertiary/aromatic N) is 1. The lowest BCUT2D eigenvalue weighted by Crippen LogP contribution is -2.34. The molecule has 0 N–H and O–H groups in total. The van der Waals surface area contributed by atoms with E-state index in [0.717, 1.165) is 11.7 Å². The van der Waals surface area contributed by atoms with E-state index in [1.807, 2.05) is 47.2 Å². The first-order valence-corrected chi connectivity index (χ1v) is 4.92. The molecule has 2 heteroatoms. The van der Waals surface area contributed by atoms with Gasteiger partial charge < -0.3 is 0 Å². The number of hydrogen-bond donors (Lipinski definition) is 0. The molecule has 0 aliphatic rings. The molecule has 0 amide bonds. The minimum atomic E-state index is 0.761. The fourth-order valence-corrected chi connectivity index (χ4v) is 1.55. The highest BCUT2D eigenvalue weighted by atomic mass is 35.5. The average Bonchev–Trinajstić information content (AvgIpc) is 2.23. The summed E-state index contributed by atoms with van der Waals surface area (Å²) < 4.78 is 2.01. The third-order valence-electron chi connectivity index (χ3n) is 2.08. The number of pyridine rings is 1. The smallest absolute Gasteiger partial charge is 0.184 e. The molecule has 70 valence electrons. The van der Waals surface area contributed by atoms with Crippen LogP contribution in [0.3, 0.4) is 0 Å². The van der Waals surface area contributed by atoms with E-state index >= 15 is 0 Å². The molecule has 1 nitrogen and oxygen atoms in total. The summed E-state index contributed by atoms with van der Waals surface area (Å²) in [5, 5.41) is 0.761. The van der Waals surface area contributed by atoms with E-state index in [1.165, 1.54) is 5.56 Å². The lowest BCUT2D eigenvalue weighted by atomic mass is 10.2. The molecule has 0 saturated carbocycles. The molecule has 1 aromatic carbocycles. The van der Waals surface area contributed by atoms with Gasteiger partial charge in [0.1, 0.15) is 0 Å². The molecule has 1 heterocycles. The molecule has 0 unspecified atom stereocenters. The maximum Gasteiger partial charge on any atom is 0.275 e. The fraction of sp³-hybridized carbons (Fsp3) is 0.0833. The molecule has 0 aliphatic carbocycles. The van der Waals surface area contributed by atoms with Gasteiger partial charge in [-0.2, -0.15) is 4.57 Å². The quantitative estimate of drug-likeness (QED) is 0.523. The van der Waals surface area contributed by atoms with E-state index in [-0.39, 0.29) is 0 Å². The fourth-order valence-electron chi connectivity index (χ4n) is 1.36. The lowest BCUT2D eigenvalue weighted by molar-refractivity contribution is -0.686. The normalized spacial score (nSPS) is 10.1. The Morgan fingerprint density at radius 1 is 0.929 bits per heavy atom. The third kappa shape index (κ3) is 2.12. The first-order valence-electron chi connectivity index (χ1n) is 4.54. The Bertz CT molecular complexity index is 412. The second kappa shape index (κ2) is 4.25. The second-order valence-corrected chi connectivity index (χ2v) is 3.52. The Morgan fingerprint density at radius 2 is 1.64 bits per heavy atom. The highest BCUT2D eigenvalue weighted by Gasteiger charge is 2.06. The van der Waals surface area contributed by atoms with Crippen molar-refractivity contribution in [2.45, 2.75) is 6.54 Å². The Balaban J connectivity index is 2.24. The molecule has 14 heavy (non-hydrogen) atoms. The van der Waals surface area contributed by atoms with Gasteiger partial charge in [0.05, 0.1) is 0 Å². The highest BCUT2D eigenvalue weighted by molar-refractivity contribution is 6.28. The van der Waals surface area contributed by atoms with Gasteiger partial charge in [-0.15, -0.1) is 0 Å². The summed E-state index contributed by atoms with van der Waals surface area (Å²) in [6.07, 6.45) is 1.98. The van der Waals surface area contributed by atoms with Crippen molar-refractivity contribution in [1.29, 1.82) is 0 Å². The Kier molecular flexibility index (Phi) is 2.80. The van der Waals surface area contributed by atoms with Crippen LogP contribution in [0.1, 0.15) is 5.56 Å². The van der Waals surface area contributed by atoms with Crippen molar-refractivity contribution < 1.29 is 4.57 Å². The lowest BCUT2D eigenvalue weighted by Gasteiger charge is -1.98. The van der Waals surface area contributed by atoms with Crippen molar-refractivity contribution in [2.75, 3.05) is 0 Å². The number of benzene rings is 1. The topological polar surface area (TPSA) is 3.88 Å². The maximum atomic E-state index is 6.04. The predicted octanol–water partition coefficient (Wildman–Crippen LogP) is 2.68.